The molecule has 2 heterocycles. The number of fused-ring (bicyclic) bond motifs is 1. The number of anilines is 1. The van der Waals surface area contributed by atoms with Gasteiger partial charge in [0.1, 0.15) is 28.8 Å². The molecule has 1 aliphatic rings. The third-order valence-corrected chi connectivity index (χ3v) is 4.30. The van der Waals surface area contributed by atoms with Crippen LogP contribution in [0.3, 0.4) is 0 Å². The first kappa shape index (κ1) is 17.1. The average molecular weight is 362 g/mol. The maximum atomic E-state index is 10.5. The number of ether oxygens (including phenoxy) is 1. The number of aromatic amines is 1. The molecule has 0 spiro atoms. The normalized spacial score (nSPS) is 15.1. The molecule has 0 radical (unpaired) electrons. The van der Waals surface area contributed by atoms with E-state index < -0.39 is 0 Å². The summed E-state index contributed by atoms with van der Waals surface area (Å²) in [5.41, 5.74) is 2.67. The standard InChI is InChI=1S/C21H22N4O2/c1-21(2,3)27-14-10-8-13(9-11-14)25-12-17(26)18(19(25)22)20-23-15-6-4-5-7-16(15)24-20/h4-11,22,26H,12H2,1-3H3,(H,23,24). The van der Waals surface area contributed by atoms with Crippen LogP contribution in [0, 0.1) is 5.41 Å². The van der Waals surface area contributed by atoms with Crippen molar-refractivity contribution < 1.29 is 9.84 Å². The predicted molar refractivity (Wildman–Crippen MR) is 108 cm³/mol. The highest BCUT2D eigenvalue weighted by atomic mass is 16.5. The van der Waals surface area contributed by atoms with Gasteiger partial charge in [-0.1, -0.05) is 12.1 Å². The molecule has 0 saturated carbocycles. The number of hydrogen-bond donors (Lipinski definition) is 3. The zero-order valence-corrected chi connectivity index (χ0v) is 15.6. The lowest BCUT2D eigenvalue weighted by atomic mass is 10.2. The van der Waals surface area contributed by atoms with Crippen LogP contribution in [0.4, 0.5) is 5.69 Å². The Balaban J connectivity index is 1.60. The molecule has 27 heavy (non-hydrogen) atoms. The van der Waals surface area contributed by atoms with E-state index in [1.165, 1.54) is 0 Å². The number of aliphatic hydroxyl groups is 1. The van der Waals surface area contributed by atoms with E-state index in [9.17, 15) is 5.11 Å². The van der Waals surface area contributed by atoms with E-state index in [1.54, 1.807) is 4.90 Å². The van der Waals surface area contributed by atoms with Crippen molar-refractivity contribution in [3.63, 3.8) is 0 Å². The Labute approximate surface area is 157 Å². The smallest absolute Gasteiger partial charge is 0.145 e. The van der Waals surface area contributed by atoms with Crippen molar-refractivity contribution in [3.05, 3.63) is 60.1 Å². The molecule has 0 bridgehead atoms. The third kappa shape index (κ3) is 3.26. The maximum Gasteiger partial charge on any atom is 0.145 e. The third-order valence-electron chi connectivity index (χ3n) is 4.30. The number of benzene rings is 2. The zero-order valence-electron chi connectivity index (χ0n) is 15.6. The summed E-state index contributed by atoms with van der Waals surface area (Å²) < 4.78 is 5.84. The highest BCUT2D eigenvalue weighted by molar-refractivity contribution is 6.30. The number of nitrogens with zero attached hydrogens (tertiary/aromatic N) is 2. The van der Waals surface area contributed by atoms with Crippen molar-refractivity contribution in [3.8, 4) is 5.75 Å². The highest BCUT2D eigenvalue weighted by Gasteiger charge is 2.31. The summed E-state index contributed by atoms with van der Waals surface area (Å²) in [6, 6.07) is 15.2. The molecule has 0 fully saturated rings. The van der Waals surface area contributed by atoms with E-state index in [2.05, 4.69) is 9.97 Å². The van der Waals surface area contributed by atoms with Gasteiger partial charge in [0, 0.05) is 5.69 Å². The molecule has 0 unspecified atom stereocenters. The molecule has 3 N–H and O–H groups in total. The van der Waals surface area contributed by atoms with Gasteiger partial charge in [0.05, 0.1) is 23.2 Å². The number of amidine groups is 1. The Morgan fingerprint density at radius 3 is 2.48 bits per heavy atom. The summed E-state index contributed by atoms with van der Waals surface area (Å²) in [6.45, 7) is 6.24. The zero-order chi connectivity index (χ0) is 19.2. The van der Waals surface area contributed by atoms with E-state index in [-0.39, 0.29) is 23.7 Å². The first-order valence-electron chi connectivity index (χ1n) is 8.84. The van der Waals surface area contributed by atoms with E-state index in [0.29, 0.717) is 11.4 Å². The molecule has 0 aliphatic carbocycles. The van der Waals surface area contributed by atoms with Crippen molar-refractivity contribution >= 4 is 28.1 Å². The summed E-state index contributed by atoms with van der Waals surface area (Å²) >= 11 is 0. The van der Waals surface area contributed by atoms with E-state index >= 15 is 0 Å². The summed E-state index contributed by atoms with van der Waals surface area (Å²) in [7, 11) is 0. The fourth-order valence-electron chi connectivity index (χ4n) is 3.17. The largest absolute Gasteiger partial charge is 0.509 e. The highest BCUT2D eigenvalue weighted by Crippen LogP contribution is 2.32. The predicted octanol–water partition coefficient (Wildman–Crippen LogP) is 4.51. The molecular formula is C21H22N4O2. The van der Waals surface area contributed by atoms with Crippen molar-refractivity contribution in [2.45, 2.75) is 26.4 Å². The van der Waals surface area contributed by atoms with Gasteiger partial charge in [0.15, 0.2) is 0 Å². The Hall–Kier alpha value is -3.28. The van der Waals surface area contributed by atoms with Gasteiger partial charge in [-0.05, 0) is 57.2 Å². The van der Waals surface area contributed by atoms with Crippen LogP contribution in [0.2, 0.25) is 0 Å². The molecule has 4 rings (SSSR count). The van der Waals surface area contributed by atoms with Gasteiger partial charge in [0.25, 0.3) is 0 Å². The lowest BCUT2D eigenvalue weighted by Gasteiger charge is -2.23. The van der Waals surface area contributed by atoms with E-state index in [0.717, 1.165) is 22.5 Å². The fourth-order valence-corrected chi connectivity index (χ4v) is 3.17. The number of rotatable bonds is 3. The van der Waals surface area contributed by atoms with Gasteiger partial charge in [0.2, 0.25) is 0 Å². The van der Waals surface area contributed by atoms with Crippen LogP contribution in [0.15, 0.2) is 54.3 Å². The number of nitrogens with one attached hydrogen (secondary N) is 2. The molecular weight excluding hydrogens is 340 g/mol. The number of imidazole rings is 1. The number of para-hydroxylation sites is 2. The van der Waals surface area contributed by atoms with Crippen molar-refractivity contribution in [2.24, 2.45) is 0 Å². The molecule has 3 aromatic rings. The Morgan fingerprint density at radius 1 is 1.11 bits per heavy atom. The SMILES string of the molecule is CC(C)(C)Oc1ccc(N2CC(O)=C(c3nc4ccccc4[nH]3)C2=N)cc1. The minimum atomic E-state index is -0.268. The van der Waals surface area contributed by atoms with Crippen LogP contribution in [-0.2, 0) is 0 Å². The van der Waals surface area contributed by atoms with Crippen LogP contribution in [0.25, 0.3) is 16.6 Å². The van der Waals surface area contributed by atoms with Gasteiger partial charge in [-0.3, -0.25) is 5.41 Å². The summed E-state index contributed by atoms with van der Waals surface area (Å²) in [4.78, 5) is 9.45. The lowest BCUT2D eigenvalue weighted by Crippen LogP contribution is -2.26. The van der Waals surface area contributed by atoms with Crippen molar-refractivity contribution in [1.82, 2.24) is 9.97 Å². The van der Waals surface area contributed by atoms with Crippen LogP contribution in [-0.4, -0.2) is 33.1 Å². The van der Waals surface area contributed by atoms with Gasteiger partial charge < -0.3 is 19.7 Å². The molecule has 0 atom stereocenters. The maximum absolute atomic E-state index is 10.5. The Bertz CT molecular complexity index is 1010. The first-order chi connectivity index (χ1) is 12.8. The van der Waals surface area contributed by atoms with Gasteiger partial charge in [-0.2, -0.15) is 0 Å². The van der Waals surface area contributed by atoms with Crippen molar-refractivity contribution in [2.75, 3.05) is 11.4 Å². The molecule has 0 amide bonds. The quantitative estimate of drug-likeness (QED) is 0.640. The van der Waals surface area contributed by atoms with Crippen LogP contribution in [0.5, 0.6) is 5.75 Å². The first-order valence-corrected chi connectivity index (χ1v) is 8.84. The number of aliphatic hydroxyl groups excluding tert-OH is 1. The second-order valence-electron chi connectivity index (χ2n) is 7.57. The second kappa shape index (κ2) is 6.16. The Kier molecular flexibility index (Phi) is 3.91. The van der Waals surface area contributed by atoms with Crippen molar-refractivity contribution in [1.29, 1.82) is 5.41 Å². The van der Waals surface area contributed by atoms with Crippen LogP contribution in [0.1, 0.15) is 26.6 Å². The monoisotopic (exact) mass is 362 g/mol. The van der Waals surface area contributed by atoms with Gasteiger partial charge >= 0.3 is 0 Å². The average Bonchev–Trinajstić information content (AvgIpc) is 3.14. The lowest BCUT2D eigenvalue weighted by molar-refractivity contribution is 0.131. The molecule has 0 saturated heterocycles. The molecule has 6 nitrogen and oxygen atoms in total. The van der Waals surface area contributed by atoms with Gasteiger partial charge in [-0.25, -0.2) is 4.98 Å². The second-order valence-corrected chi connectivity index (χ2v) is 7.57. The number of hydrogen-bond acceptors (Lipinski definition) is 4. The molecule has 6 heteroatoms. The number of H-pyrrole nitrogens is 1. The molecule has 138 valence electrons. The fraction of sp³-hybridized carbons (Fsp3) is 0.238. The van der Waals surface area contributed by atoms with E-state index in [4.69, 9.17) is 10.1 Å². The van der Waals surface area contributed by atoms with Crippen LogP contribution < -0.4 is 9.64 Å². The minimum Gasteiger partial charge on any atom is -0.509 e. The topological polar surface area (TPSA) is 85.2 Å². The summed E-state index contributed by atoms with van der Waals surface area (Å²) in [5, 5.41) is 19.0. The molecule has 2 aromatic carbocycles. The number of aromatic nitrogens is 2. The Morgan fingerprint density at radius 2 is 1.81 bits per heavy atom. The molecule has 1 aliphatic heterocycles. The summed E-state index contributed by atoms with van der Waals surface area (Å²) in [5.74, 6) is 1.63. The van der Waals surface area contributed by atoms with Gasteiger partial charge in [-0.15, -0.1) is 0 Å². The van der Waals surface area contributed by atoms with E-state index in [1.807, 2.05) is 69.3 Å². The van der Waals surface area contributed by atoms with Crippen LogP contribution >= 0.6 is 0 Å². The molecule has 1 aromatic heterocycles. The summed E-state index contributed by atoms with van der Waals surface area (Å²) in [6.07, 6.45) is 0. The minimum absolute atomic E-state index is 0.133.